The Morgan fingerprint density at radius 1 is 0.575 bits per heavy atom. The highest BCUT2D eigenvalue weighted by Crippen LogP contribution is 2.36. The lowest BCUT2D eigenvalue weighted by Gasteiger charge is -2.12. The average Bonchev–Trinajstić information content (AvgIpc) is 3.32. The van der Waals surface area contributed by atoms with Gasteiger partial charge >= 0.3 is 0 Å². The molecule has 192 valence electrons. The number of fused-ring (bicyclic) bond motifs is 7. The van der Waals surface area contributed by atoms with Gasteiger partial charge in [-0.1, -0.05) is 48.5 Å². The van der Waals surface area contributed by atoms with Gasteiger partial charge in [0.25, 0.3) is 0 Å². The normalized spacial score (nSPS) is 12.6. The standard InChI is InChI=1S/C35H24N2O3/c1-19-8-6-11-22-23-12-7-9-20(2)34(23)37(33(19)22)21-14-15-29-26(16-21)35(38)27-18-30-25(17-31(27)40-29)32(36-3)24-10-4-5-13-28(24)39-30/h4-18H,1-3H3. The molecule has 3 aromatic heterocycles. The summed E-state index contributed by atoms with van der Waals surface area (Å²) in [6, 6.07) is 30.1. The Balaban J connectivity index is 1.46. The second-order valence-corrected chi connectivity index (χ2v) is 10.4. The summed E-state index contributed by atoms with van der Waals surface area (Å²) in [5, 5.41) is 5.94. The van der Waals surface area contributed by atoms with Crippen LogP contribution in [0, 0.1) is 13.8 Å². The molecule has 0 aliphatic rings. The summed E-state index contributed by atoms with van der Waals surface area (Å²) in [5.74, 6) is 0. The first kappa shape index (κ1) is 22.8. The molecule has 0 saturated carbocycles. The molecule has 0 unspecified atom stereocenters. The van der Waals surface area contributed by atoms with Crippen molar-refractivity contribution in [2.75, 3.05) is 7.05 Å². The van der Waals surface area contributed by atoms with E-state index in [2.05, 4.69) is 59.8 Å². The van der Waals surface area contributed by atoms with E-state index in [4.69, 9.17) is 8.83 Å². The van der Waals surface area contributed by atoms with Gasteiger partial charge in [-0.15, -0.1) is 0 Å². The molecule has 0 saturated heterocycles. The molecule has 0 radical (unpaired) electrons. The number of aryl methyl sites for hydroxylation is 2. The predicted molar refractivity (Wildman–Crippen MR) is 163 cm³/mol. The predicted octanol–water partition coefficient (Wildman–Crippen LogP) is 8.09. The van der Waals surface area contributed by atoms with E-state index in [0.717, 1.165) is 38.4 Å². The van der Waals surface area contributed by atoms with Crippen LogP contribution in [0.5, 0.6) is 0 Å². The molecule has 0 aliphatic heterocycles. The van der Waals surface area contributed by atoms with Gasteiger partial charge in [0.05, 0.1) is 27.2 Å². The molecule has 8 aromatic rings. The molecule has 5 aromatic carbocycles. The van der Waals surface area contributed by atoms with E-state index in [0.29, 0.717) is 27.5 Å². The first-order chi connectivity index (χ1) is 19.5. The topological polar surface area (TPSA) is 60.6 Å². The first-order valence-electron chi connectivity index (χ1n) is 13.3. The maximum atomic E-state index is 14.0. The van der Waals surface area contributed by atoms with Crippen LogP contribution in [-0.2, 0) is 0 Å². The fourth-order valence-corrected chi connectivity index (χ4v) is 6.25. The first-order valence-corrected chi connectivity index (χ1v) is 13.3. The van der Waals surface area contributed by atoms with Gasteiger partial charge in [-0.3, -0.25) is 9.79 Å². The summed E-state index contributed by atoms with van der Waals surface area (Å²) < 4.78 is 14.8. The van der Waals surface area contributed by atoms with Crippen molar-refractivity contribution in [3.63, 3.8) is 0 Å². The van der Waals surface area contributed by atoms with Crippen LogP contribution in [0.25, 0.3) is 71.4 Å². The number of para-hydroxylation sites is 3. The number of benzene rings is 5. The maximum Gasteiger partial charge on any atom is 0.200 e. The van der Waals surface area contributed by atoms with E-state index in [-0.39, 0.29) is 5.43 Å². The van der Waals surface area contributed by atoms with E-state index >= 15 is 0 Å². The highest BCUT2D eigenvalue weighted by Gasteiger charge is 2.18. The number of rotatable bonds is 1. The van der Waals surface area contributed by atoms with Crippen LogP contribution in [0.15, 0.2) is 110 Å². The average molecular weight is 521 g/mol. The molecule has 5 nitrogen and oxygen atoms in total. The van der Waals surface area contributed by atoms with Crippen molar-refractivity contribution in [2.24, 2.45) is 4.99 Å². The third kappa shape index (κ3) is 3.03. The SMILES string of the molecule is CN=c1c2ccccc2oc2cc3c(=O)c4cc(-n5c6c(C)cccc6c6cccc(C)c65)ccc4oc3cc12. The van der Waals surface area contributed by atoms with E-state index in [1.54, 1.807) is 13.1 Å². The van der Waals surface area contributed by atoms with Gasteiger partial charge < -0.3 is 13.4 Å². The Morgan fingerprint density at radius 2 is 1.15 bits per heavy atom. The van der Waals surface area contributed by atoms with Crippen molar-refractivity contribution in [1.82, 2.24) is 4.57 Å². The highest BCUT2D eigenvalue weighted by atomic mass is 16.3. The van der Waals surface area contributed by atoms with E-state index in [9.17, 15) is 4.79 Å². The lowest BCUT2D eigenvalue weighted by atomic mass is 10.1. The Kier molecular flexibility index (Phi) is 4.65. The van der Waals surface area contributed by atoms with Gasteiger partial charge in [0, 0.05) is 34.3 Å². The molecule has 8 rings (SSSR count). The lowest BCUT2D eigenvalue weighted by Crippen LogP contribution is -2.07. The molecule has 0 atom stereocenters. The van der Waals surface area contributed by atoms with Crippen molar-refractivity contribution in [3.05, 3.63) is 118 Å². The second-order valence-electron chi connectivity index (χ2n) is 10.4. The maximum absolute atomic E-state index is 14.0. The van der Waals surface area contributed by atoms with Gasteiger partial charge in [0.2, 0.25) is 5.43 Å². The van der Waals surface area contributed by atoms with Gasteiger partial charge in [-0.05, 0) is 67.4 Å². The Bertz CT molecular complexity index is 2430. The molecular weight excluding hydrogens is 496 g/mol. The zero-order chi connectivity index (χ0) is 27.1. The minimum Gasteiger partial charge on any atom is -0.456 e. The summed E-state index contributed by atoms with van der Waals surface area (Å²) >= 11 is 0. The number of nitrogens with zero attached hydrogens (tertiary/aromatic N) is 2. The third-order valence-electron chi connectivity index (χ3n) is 8.07. The van der Waals surface area contributed by atoms with Crippen LogP contribution in [0.4, 0.5) is 0 Å². The molecule has 0 aliphatic carbocycles. The number of hydrogen-bond donors (Lipinski definition) is 0. The quantitative estimate of drug-likeness (QED) is 0.206. The minimum absolute atomic E-state index is 0.0902. The summed E-state index contributed by atoms with van der Waals surface area (Å²) in [4.78, 5) is 18.5. The molecule has 0 fully saturated rings. The second kappa shape index (κ2) is 8.17. The molecule has 0 amide bonds. The Labute approximate surface area is 228 Å². The van der Waals surface area contributed by atoms with Gasteiger partial charge in [-0.2, -0.15) is 0 Å². The van der Waals surface area contributed by atoms with Gasteiger partial charge in [0.15, 0.2) is 0 Å². The van der Waals surface area contributed by atoms with Crippen LogP contribution >= 0.6 is 0 Å². The zero-order valence-corrected chi connectivity index (χ0v) is 22.3. The van der Waals surface area contributed by atoms with E-state index in [1.807, 2.05) is 48.5 Å². The van der Waals surface area contributed by atoms with E-state index in [1.165, 1.54) is 21.9 Å². The Hall–Kier alpha value is -5.16. The molecule has 3 heterocycles. The van der Waals surface area contributed by atoms with Gasteiger partial charge in [-0.25, -0.2) is 0 Å². The molecule has 40 heavy (non-hydrogen) atoms. The zero-order valence-electron chi connectivity index (χ0n) is 22.3. The molecule has 0 spiro atoms. The van der Waals surface area contributed by atoms with Gasteiger partial charge in [0.1, 0.15) is 22.3 Å². The summed E-state index contributed by atoms with van der Waals surface area (Å²) in [5.41, 5.74) is 7.85. The fourth-order valence-electron chi connectivity index (χ4n) is 6.25. The summed E-state index contributed by atoms with van der Waals surface area (Å²) in [7, 11) is 1.77. The van der Waals surface area contributed by atoms with Crippen LogP contribution in [0.1, 0.15) is 11.1 Å². The smallest absolute Gasteiger partial charge is 0.200 e. The molecule has 5 heteroatoms. The third-order valence-corrected chi connectivity index (χ3v) is 8.07. The van der Waals surface area contributed by atoms with Crippen LogP contribution < -0.4 is 10.8 Å². The number of hydrogen-bond acceptors (Lipinski definition) is 4. The summed E-state index contributed by atoms with van der Waals surface area (Å²) in [6.07, 6.45) is 0. The van der Waals surface area contributed by atoms with Crippen LogP contribution in [0.2, 0.25) is 0 Å². The fraction of sp³-hybridized carbons (Fsp3) is 0.0857. The molecule has 0 bridgehead atoms. The molecular formula is C35H24N2O3. The van der Waals surface area contributed by atoms with Crippen molar-refractivity contribution < 1.29 is 8.83 Å². The van der Waals surface area contributed by atoms with Crippen LogP contribution in [0.3, 0.4) is 0 Å². The van der Waals surface area contributed by atoms with E-state index < -0.39 is 0 Å². The number of aromatic nitrogens is 1. The monoisotopic (exact) mass is 520 g/mol. The van der Waals surface area contributed by atoms with Crippen molar-refractivity contribution in [1.29, 1.82) is 0 Å². The Morgan fingerprint density at radius 3 is 1.85 bits per heavy atom. The molecule has 0 N–H and O–H groups in total. The lowest BCUT2D eigenvalue weighted by molar-refractivity contribution is 0.652. The minimum atomic E-state index is -0.0902. The summed E-state index contributed by atoms with van der Waals surface area (Å²) in [6.45, 7) is 4.26. The van der Waals surface area contributed by atoms with Crippen molar-refractivity contribution in [2.45, 2.75) is 13.8 Å². The van der Waals surface area contributed by atoms with Crippen molar-refractivity contribution in [3.8, 4) is 5.69 Å². The van der Waals surface area contributed by atoms with Crippen molar-refractivity contribution >= 4 is 65.7 Å². The largest absolute Gasteiger partial charge is 0.456 e. The highest BCUT2D eigenvalue weighted by molar-refractivity contribution is 6.11. The van der Waals surface area contributed by atoms with Crippen LogP contribution in [-0.4, -0.2) is 11.6 Å².